The largest absolute Gasteiger partial charge is 0.461 e. The molecule has 0 saturated heterocycles. The zero-order chi connectivity index (χ0) is 29.7. The highest BCUT2D eigenvalue weighted by Gasteiger charge is 2.18. The van der Waals surface area contributed by atoms with Crippen LogP contribution in [0.2, 0.25) is 0 Å². The van der Waals surface area contributed by atoms with Crippen molar-refractivity contribution < 1.29 is 52.6 Å². The van der Waals surface area contributed by atoms with E-state index in [2.05, 4.69) is 52.5 Å². The third-order valence-electron chi connectivity index (χ3n) is 2.66. The van der Waals surface area contributed by atoms with Gasteiger partial charge in [0, 0.05) is 0 Å². The molecule has 0 spiro atoms. The average molecular weight is 666 g/mol. The summed E-state index contributed by atoms with van der Waals surface area (Å²) in [6.45, 7) is 13.9. The van der Waals surface area contributed by atoms with Gasteiger partial charge in [-0.1, -0.05) is 37.0 Å². The molecule has 0 aromatic carbocycles. The Hall–Kier alpha value is -2.10. The molecule has 13 nitrogen and oxygen atoms in total. The maximum absolute atomic E-state index is 11.3. The lowest BCUT2D eigenvalue weighted by molar-refractivity contribution is -0.161. The van der Waals surface area contributed by atoms with Crippen molar-refractivity contribution in [2.24, 2.45) is 11.1 Å². The molecule has 0 rings (SSSR count). The van der Waals surface area contributed by atoms with Crippen molar-refractivity contribution in [2.75, 3.05) is 37.1 Å². The molecule has 2 N–H and O–H groups in total. The average Bonchev–Trinajstić information content (AvgIpc) is 2.75. The Kier molecular flexibility index (Phi) is 23.4. The maximum Gasteiger partial charge on any atom is 0.375 e. The molecule has 216 valence electrons. The van der Waals surface area contributed by atoms with Gasteiger partial charge in [-0.3, -0.25) is 9.63 Å². The Morgan fingerprint density at radius 3 is 1.51 bits per heavy atom. The number of nitrogens with two attached hydrogens (primary N) is 1. The summed E-state index contributed by atoms with van der Waals surface area (Å²) in [6.07, 6.45) is 0. The van der Waals surface area contributed by atoms with Crippen molar-refractivity contribution in [1.82, 2.24) is 0 Å². The Balaban J connectivity index is -0.000000515. The van der Waals surface area contributed by atoms with Gasteiger partial charge in [-0.25, -0.2) is 25.1 Å². The quantitative estimate of drug-likeness (QED) is 0.0852. The molecule has 0 aliphatic carbocycles. The van der Waals surface area contributed by atoms with Crippen LogP contribution in [0.5, 0.6) is 0 Å². The van der Waals surface area contributed by atoms with E-state index in [1.807, 2.05) is 0 Å². The van der Waals surface area contributed by atoms with Gasteiger partial charge in [0.2, 0.25) is 12.4 Å². The Bertz CT molecular complexity index is 746. The second-order valence-electron chi connectivity index (χ2n) is 8.43. The summed E-state index contributed by atoms with van der Waals surface area (Å²) in [5, 5.41) is 3.74. The summed E-state index contributed by atoms with van der Waals surface area (Å²) in [5.74, 6) is 1.75. The van der Waals surface area contributed by atoms with E-state index in [0.29, 0.717) is 0 Å². The van der Waals surface area contributed by atoms with Crippen LogP contribution in [0.3, 0.4) is 0 Å². The number of alkyl halides is 2. The van der Waals surface area contributed by atoms with Crippen LogP contribution in [0.25, 0.3) is 0 Å². The first-order valence-corrected chi connectivity index (χ1v) is 13.1. The molecular formula is C22H38Br2N2O11. The predicted octanol–water partition coefficient (Wildman–Crippen LogP) is 2.39. The number of halogens is 2. The van der Waals surface area contributed by atoms with Crippen molar-refractivity contribution in [3.63, 3.8) is 0 Å². The minimum Gasteiger partial charge on any atom is -0.461 e. The van der Waals surface area contributed by atoms with Crippen LogP contribution in [0.1, 0.15) is 55.4 Å². The molecule has 0 unspecified atom stereocenters. The first-order chi connectivity index (χ1) is 17.0. The van der Waals surface area contributed by atoms with E-state index in [0.717, 1.165) is 0 Å². The van der Waals surface area contributed by atoms with Gasteiger partial charge < -0.3 is 23.8 Å². The third kappa shape index (κ3) is 28.3. The number of hydrogen-bond acceptors (Lipinski definition) is 13. The lowest BCUT2D eigenvalue weighted by atomic mass is 10.2. The van der Waals surface area contributed by atoms with Crippen LogP contribution in [0.4, 0.5) is 0 Å². The van der Waals surface area contributed by atoms with Gasteiger partial charge in [0.05, 0.1) is 23.9 Å². The number of hydrogen-bond donors (Lipinski definition) is 1. The van der Waals surface area contributed by atoms with Crippen LogP contribution in [0.15, 0.2) is 5.16 Å². The molecule has 0 aliphatic rings. The minimum atomic E-state index is -0.769. The van der Waals surface area contributed by atoms with E-state index in [9.17, 15) is 24.0 Å². The van der Waals surface area contributed by atoms with Gasteiger partial charge in [-0.05, 0) is 55.4 Å². The Morgan fingerprint density at radius 2 is 1.16 bits per heavy atom. The van der Waals surface area contributed by atoms with Gasteiger partial charge >= 0.3 is 23.9 Å². The molecular weight excluding hydrogens is 628 g/mol. The molecule has 0 aromatic heterocycles. The number of Topliss-reactive ketones (excluding diaryl/α,β-unsaturated/α-hetero) is 1. The minimum absolute atomic E-state index is 0.0336. The van der Waals surface area contributed by atoms with Crippen molar-refractivity contribution >= 4 is 67.2 Å². The molecule has 0 bridgehead atoms. The number of ketones is 1. The molecule has 0 radical (unpaired) electrons. The number of rotatable bonds is 11. The Labute approximate surface area is 234 Å². The number of carbonyl (C=O) groups is 5. The fraction of sp³-hybridized carbons (Fsp3) is 0.727. The summed E-state index contributed by atoms with van der Waals surface area (Å²) in [4.78, 5) is 62.8. The SMILES string of the molecule is CC(C)(C)OC(=O)CON.CCOC(=O)/C(CBr)=N\OCC(=O)OC(C)(C)C.CCOC(=O)C(=O)CBr. The summed E-state index contributed by atoms with van der Waals surface area (Å²) in [5.41, 5.74) is -0.987. The number of ether oxygens (including phenoxy) is 4. The number of nitrogens with zero attached hydrogens (tertiary/aromatic N) is 1. The van der Waals surface area contributed by atoms with E-state index in [-0.39, 0.29) is 42.8 Å². The standard InChI is InChI=1S/C11H18BrNO5.C6H13NO3.C5H7BrO3/c1-5-16-10(15)8(6-12)13-17-7-9(14)18-11(2,3)4;1-6(2,3)10-5(8)4-9-7;1-2-9-5(8)4(7)3-6/h5-7H2,1-4H3;4,7H2,1-3H3;2-3H2,1H3/b13-8-;;. The molecule has 0 aliphatic heterocycles. The molecule has 15 heteroatoms. The van der Waals surface area contributed by atoms with Gasteiger partial charge in [0.15, 0.2) is 12.3 Å². The van der Waals surface area contributed by atoms with Crippen LogP contribution in [-0.2, 0) is 52.6 Å². The van der Waals surface area contributed by atoms with E-state index < -0.39 is 40.9 Å². The van der Waals surface area contributed by atoms with Crippen LogP contribution in [-0.4, -0.2) is 83.7 Å². The lowest BCUT2D eigenvalue weighted by Gasteiger charge is -2.18. The second-order valence-corrected chi connectivity index (χ2v) is 9.55. The fourth-order valence-electron chi connectivity index (χ4n) is 1.57. The molecule has 0 fully saturated rings. The summed E-state index contributed by atoms with van der Waals surface area (Å²) in [6, 6.07) is 0. The highest BCUT2D eigenvalue weighted by molar-refractivity contribution is 9.09. The van der Waals surface area contributed by atoms with Crippen LogP contribution in [0, 0.1) is 0 Å². The van der Waals surface area contributed by atoms with Crippen molar-refractivity contribution in [2.45, 2.75) is 66.6 Å². The van der Waals surface area contributed by atoms with Gasteiger partial charge in [0.1, 0.15) is 11.2 Å². The normalized spacial score (nSPS) is 10.9. The summed E-state index contributed by atoms with van der Waals surface area (Å²) >= 11 is 5.91. The number of esters is 4. The van der Waals surface area contributed by atoms with E-state index in [4.69, 9.17) is 19.0 Å². The highest BCUT2D eigenvalue weighted by Crippen LogP contribution is 2.07. The zero-order valence-corrected chi connectivity index (χ0v) is 25.7. The molecule has 0 amide bonds. The molecule has 37 heavy (non-hydrogen) atoms. The van der Waals surface area contributed by atoms with Crippen molar-refractivity contribution in [3.8, 4) is 0 Å². The van der Waals surface area contributed by atoms with E-state index >= 15 is 0 Å². The topological polar surface area (TPSA) is 179 Å². The molecule has 0 aromatic rings. The van der Waals surface area contributed by atoms with Crippen LogP contribution < -0.4 is 5.90 Å². The van der Waals surface area contributed by atoms with Gasteiger partial charge in [-0.2, -0.15) is 0 Å². The third-order valence-corrected chi connectivity index (χ3v) is 3.70. The summed E-state index contributed by atoms with van der Waals surface area (Å²) < 4.78 is 18.9. The molecule has 0 atom stereocenters. The molecule has 0 heterocycles. The number of carbonyl (C=O) groups excluding carboxylic acids is 5. The lowest BCUT2D eigenvalue weighted by Crippen LogP contribution is -2.27. The Morgan fingerprint density at radius 1 is 0.730 bits per heavy atom. The number of oxime groups is 1. The monoisotopic (exact) mass is 664 g/mol. The van der Waals surface area contributed by atoms with Gasteiger partial charge in [0.25, 0.3) is 0 Å². The molecule has 0 saturated carbocycles. The van der Waals surface area contributed by atoms with Crippen molar-refractivity contribution in [1.29, 1.82) is 0 Å². The van der Waals surface area contributed by atoms with Gasteiger partial charge in [-0.15, -0.1) is 0 Å². The predicted molar refractivity (Wildman–Crippen MR) is 141 cm³/mol. The smallest absolute Gasteiger partial charge is 0.375 e. The summed E-state index contributed by atoms with van der Waals surface area (Å²) in [7, 11) is 0. The van der Waals surface area contributed by atoms with E-state index in [1.165, 1.54) is 0 Å². The zero-order valence-electron chi connectivity index (χ0n) is 22.5. The van der Waals surface area contributed by atoms with Crippen molar-refractivity contribution in [3.05, 3.63) is 0 Å². The van der Waals surface area contributed by atoms with E-state index in [1.54, 1.807) is 55.4 Å². The van der Waals surface area contributed by atoms with Crippen LogP contribution >= 0.6 is 31.9 Å². The highest BCUT2D eigenvalue weighted by atomic mass is 79.9. The first-order valence-electron chi connectivity index (χ1n) is 10.9. The fourth-order valence-corrected chi connectivity index (χ4v) is 2.13. The first kappa shape index (κ1) is 39.4. The second kappa shape index (κ2) is 21.9. The maximum atomic E-state index is 11.3.